The zero-order chi connectivity index (χ0) is 23.6. The number of aliphatic carboxylic acids is 1. The Bertz CT molecular complexity index is 1380. The summed E-state index contributed by atoms with van der Waals surface area (Å²) >= 11 is 0. The molecule has 1 aliphatic rings. The van der Waals surface area contributed by atoms with Gasteiger partial charge in [-0.2, -0.15) is 0 Å². The van der Waals surface area contributed by atoms with Gasteiger partial charge < -0.3 is 20.9 Å². The minimum Gasteiger partial charge on any atom is -0.496 e. The van der Waals surface area contributed by atoms with Gasteiger partial charge in [-0.1, -0.05) is 42.5 Å². The van der Waals surface area contributed by atoms with Gasteiger partial charge in [0.1, 0.15) is 17.0 Å². The van der Waals surface area contributed by atoms with Crippen molar-refractivity contribution >= 4 is 35.6 Å². The number of anilines is 1. The number of amides is 1. The van der Waals surface area contributed by atoms with E-state index in [1.165, 1.54) is 0 Å². The lowest BCUT2D eigenvalue weighted by Crippen LogP contribution is -2.43. The summed E-state index contributed by atoms with van der Waals surface area (Å²) < 4.78 is 5.41. The second-order valence-corrected chi connectivity index (χ2v) is 7.78. The molecule has 0 aliphatic heterocycles. The minimum atomic E-state index is -1.41. The molecule has 3 aromatic rings. The Balaban J connectivity index is 1.77. The van der Waals surface area contributed by atoms with Gasteiger partial charge in [0, 0.05) is 22.0 Å². The highest BCUT2D eigenvalue weighted by atomic mass is 16.5. The Hall–Kier alpha value is -4.39. The number of ether oxygens (including phenoxy) is 1. The van der Waals surface area contributed by atoms with E-state index in [1.54, 1.807) is 61.7 Å². The molecule has 0 spiro atoms. The van der Waals surface area contributed by atoms with Gasteiger partial charge in [0.15, 0.2) is 0 Å². The second-order valence-electron chi connectivity index (χ2n) is 7.78. The number of nitrogens with two attached hydrogens (primary N) is 1. The van der Waals surface area contributed by atoms with Crippen molar-refractivity contribution in [2.45, 2.75) is 11.8 Å². The lowest BCUT2D eigenvalue weighted by atomic mass is 9.72. The maximum atomic E-state index is 13.2. The highest BCUT2D eigenvalue weighted by Crippen LogP contribution is 2.35. The zero-order valence-corrected chi connectivity index (χ0v) is 18.0. The number of nitrogen functional groups attached to an aromatic ring is 1. The highest BCUT2D eigenvalue weighted by Gasteiger charge is 2.41. The molecular formula is C26H23N3O4. The standard InChI is InChI=1S/C26H23N3O4/c1-33-22-8-4-5-17-15-26(25(31)32,14-13-19(17)22)21-7-3-2-6-20(21)24(30)29-18-11-9-16(10-12-18)23(27)28/h2-13,15H,14H2,1H3,(H3,27,28)(H,29,30)(H,31,32). The van der Waals surface area contributed by atoms with E-state index in [4.69, 9.17) is 15.9 Å². The summed E-state index contributed by atoms with van der Waals surface area (Å²) in [7, 11) is 1.57. The Morgan fingerprint density at radius 2 is 1.79 bits per heavy atom. The number of amidine groups is 1. The van der Waals surface area contributed by atoms with E-state index in [1.807, 2.05) is 24.3 Å². The van der Waals surface area contributed by atoms with Gasteiger partial charge in [-0.05, 0) is 53.6 Å². The Morgan fingerprint density at radius 3 is 2.45 bits per heavy atom. The maximum Gasteiger partial charge on any atom is 0.318 e. The number of fused-ring (bicyclic) bond motifs is 1. The Labute approximate surface area is 190 Å². The number of hydrogen-bond acceptors (Lipinski definition) is 4. The van der Waals surface area contributed by atoms with Gasteiger partial charge in [-0.25, -0.2) is 0 Å². The van der Waals surface area contributed by atoms with Crippen molar-refractivity contribution in [3.8, 4) is 5.75 Å². The van der Waals surface area contributed by atoms with Crippen LogP contribution >= 0.6 is 0 Å². The van der Waals surface area contributed by atoms with Crippen LogP contribution in [0.25, 0.3) is 12.2 Å². The average molecular weight is 441 g/mol. The molecule has 1 atom stereocenters. The number of methoxy groups -OCH3 is 1. The fourth-order valence-electron chi connectivity index (χ4n) is 4.12. The molecule has 0 radical (unpaired) electrons. The SMILES string of the molecule is COc1cccc2c1=CCC(C(=O)O)(c1ccccc1C(=O)Nc1ccc(C(=N)N)cc1)C=2. The topological polar surface area (TPSA) is 125 Å². The van der Waals surface area contributed by atoms with Crippen LogP contribution in [0, 0.1) is 5.41 Å². The van der Waals surface area contributed by atoms with Gasteiger partial charge >= 0.3 is 5.97 Å². The molecule has 33 heavy (non-hydrogen) atoms. The molecule has 1 amide bonds. The molecule has 0 saturated heterocycles. The first-order valence-corrected chi connectivity index (χ1v) is 10.3. The fourth-order valence-corrected chi connectivity index (χ4v) is 4.12. The lowest BCUT2D eigenvalue weighted by molar-refractivity contribution is -0.141. The summed E-state index contributed by atoms with van der Waals surface area (Å²) in [6.07, 6.45) is 3.71. The first-order chi connectivity index (χ1) is 15.9. The smallest absolute Gasteiger partial charge is 0.318 e. The molecule has 4 rings (SSSR count). The molecule has 3 aromatic carbocycles. The summed E-state index contributed by atoms with van der Waals surface area (Å²) in [5, 5.41) is 22.2. The fraction of sp³-hybridized carbons (Fsp3) is 0.115. The lowest BCUT2D eigenvalue weighted by Gasteiger charge is -2.29. The molecule has 1 unspecified atom stereocenters. The number of carboxylic acid groups (broad SMARTS) is 1. The van der Waals surface area contributed by atoms with Gasteiger partial charge in [-0.15, -0.1) is 0 Å². The second kappa shape index (κ2) is 8.63. The monoisotopic (exact) mass is 441 g/mol. The first kappa shape index (κ1) is 21.8. The number of nitrogens with one attached hydrogen (secondary N) is 2. The zero-order valence-electron chi connectivity index (χ0n) is 18.0. The molecule has 7 nitrogen and oxygen atoms in total. The van der Waals surface area contributed by atoms with Gasteiger partial charge in [0.25, 0.3) is 5.91 Å². The van der Waals surface area contributed by atoms with Crippen LogP contribution in [0.1, 0.15) is 27.9 Å². The maximum absolute atomic E-state index is 13.2. The van der Waals surface area contributed by atoms with Crippen LogP contribution in [-0.4, -0.2) is 29.9 Å². The van der Waals surface area contributed by atoms with E-state index in [9.17, 15) is 14.7 Å². The van der Waals surface area contributed by atoms with Crippen LogP contribution in [0.5, 0.6) is 5.75 Å². The van der Waals surface area contributed by atoms with Crippen molar-refractivity contribution in [1.29, 1.82) is 5.41 Å². The van der Waals surface area contributed by atoms with Gasteiger partial charge in [0.05, 0.1) is 7.11 Å². The van der Waals surface area contributed by atoms with E-state index in [2.05, 4.69) is 5.32 Å². The molecule has 0 saturated carbocycles. The van der Waals surface area contributed by atoms with Crippen molar-refractivity contribution < 1.29 is 19.4 Å². The highest BCUT2D eigenvalue weighted by molar-refractivity contribution is 6.08. The van der Waals surface area contributed by atoms with Crippen molar-refractivity contribution in [3.05, 3.63) is 93.9 Å². The van der Waals surface area contributed by atoms with E-state index >= 15 is 0 Å². The first-order valence-electron chi connectivity index (χ1n) is 10.3. The number of hydrogen-bond donors (Lipinski definition) is 4. The van der Waals surface area contributed by atoms with E-state index in [0.29, 0.717) is 22.6 Å². The number of carbonyl (C=O) groups excluding carboxylic acids is 1. The third kappa shape index (κ3) is 3.96. The Kier molecular flexibility index (Phi) is 5.70. The van der Waals surface area contributed by atoms with Crippen molar-refractivity contribution in [1.82, 2.24) is 0 Å². The van der Waals surface area contributed by atoms with Crippen molar-refractivity contribution in [3.63, 3.8) is 0 Å². The molecule has 0 aromatic heterocycles. The normalized spacial score (nSPS) is 16.5. The van der Waals surface area contributed by atoms with Crippen LogP contribution in [0.15, 0.2) is 66.7 Å². The number of benzene rings is 3. The van der Waals surface area contributed by atoms with E-state index in [0.717, 1.165) is 10.4 Å². The van der Waals surface area contributed by atoms with E-state index < -0.39 is 17.3 Å². The molecule has 0 bridgehead atoms. The number of carbonyl (C=O) groups is 2. The third-order valence-corrected chi connectivity index (χ3v) is 5.84. The molecular weight excluding hydrogens is 418 g/mol. The Morgan fingerprint density at radius 1 is 1.06 bits per heavy atom. The minimum absolute atomic E-state index is 0.0670. The summed E-state index contributed by atoms with van der Waals surface area (Å²) in [5.41, 5.74) is 5.80. The molecule has 166 valence electrons. The summed E-state index contributed by atoms with van der Waals surface area (Å²) in [6.45, 7) is 0. The number of carboxylic acids is 1. The largest absolute Gasteiger partial charge is 0.496 e. The van der Waals surface area contributed by atoms with Gasteiger partial charge in [-0.3, -0.25) is 15.0 Å². The predicted molar refractivity (Wildman–Crippen MR) is 127 cm³/mol. The summed E-state index contributed by atoms with van der Waals surface area (Å²) in [5.74, 6) is -0.865. The van der Waals surface area contributed by atoms with Gasteiger partial charge in [0.2, 0.25) is 0 Å². The molecule has 0 heterocycles. The van der Waals surface area contributed by atoms with Crippen LogP contribution in [0.4, 0.5) is 5.69 Å². The summed E-state index contributed by atoms with van der Waals surface area (Å²) in [4.78, 5) is 25.8. The molecule has 0 fully saturated rings. The van der Waals surface area contributed by atoms with Crippen LogP contribution in [0.2, 0.25) is 0 Å². The van der Waals surface area contributed by atoms with Crippen molar-refractivity contribution in [2.24, 2.45) is 5.73 Å². The van der Waals surface area contributed by atoms with Crippen LogP contribution in [-0.2, 0) is 10.2 Å². The molecule has 7 heteroatoms. The van der Waals surface area contributed by atoms with Crippen LogP contribution in [0.3, 0.4) is 0 Å². The predicted octanol–water partition coefficient (Wildman–Crippen LogP) is 2.22. The average Bonchev–Trinajstić information content (AvgIpc) is 2.83. The molecule has 5 N–H and O–H groups in total. The third-order valence-electron chi connectivity index (χ3n) is 5.84. The summed E-state index contributed by atoms with van der Waals surface area (Å²) in [6, 6.07) is 18.8. The quantitative estimate of drug-likeness (QED) is 0.345. The van der Waals surface area contributed by atoms with Crippen LogP contribution < -0.4 is 26.2 Å². The van der Waals surface area contributed by atoms with Crippen molar-refractivity contribution in [2.75, 3.05) is 12.4 Å². The number of rotatable bonds is 6. The van der Waals surface area contributed by atoms with E-state index in [-0.39, 0.29) is 17.8 Å². The molecule has 1 aliphatic carbocycles.